The van der Waals surface area contributed by atoms with Crippen LogP contribution in [0.4, 0.5) is 0 Å². The monoisotopic (exact) mass is 1440 g/mol. The molecule has 3 unspecified atom stereocenters. The third kappa shape index (κ3) is 71.1. The van der Waals surface area contributed by atoms with Crippen molar-refractivity contribution in [1.29, 1.82) is 0 Å². The van der Waals surface area contributed by atoms with Crippen LogP contribution >= 0.6 is 15.6 Å². The van der Waals surface area contributed by atoms with Crippen molar-refractivity contribution < 1.29 is 80.2 Å². The molecule has 0 spiro atoms. The number of unbranched alkanes of at least 4 members (excludes halogenated alkanes) is 41. The molecule has 19 heteroatoms. The normalized spacial score (nSPS) is 14.3. The zero-order valence-corrected chi connectivity index (χ0v) is 66.2. The Morgan fingerprint density at radius 3 is 0.724 bits per heavy atom. The number of carbonyl (C=O) groups excluding carboxylic acids is 4. The van der Waals surface area contributed by atoms with Gasteiger partial charge in [0.15, 0.2) is 12.2 Å². The van der Waals surface area contributed by atoms with Crippen LogP contribution < -0.4 is 0 Å². The van der Waals surface area contributed by atoms with Crippen LogP contribution in [-0.4, -0.2) is 96.7 Å². The van der Waals surface area contributed by atoms with E-state index in [2.05, 4.69) is 55.4 Å². The summed E-state index contributed by atoms with van der Waals surface area (Å²) in [5.41, 5.74) is 0. The van der Waals surface area contributed by atoms with Crippen molar-refractivity contribution in [3.63, 3.8) is 0 Å². The highest BCUT2D eigenvalue weighted by Crippen LogP contribution is 2.45. The SMILES string of the molecule is CCC(C)CCCCCCCCCCC(=O)OC[C@H](COP(=O)(O)OC[C@H](O)COP(=O)(O)OC[C@@H](COC(=O)CCCCCCCCCCCCCCC(C)C)OC(=O)CCCCCCCCCCCCCCCCCC(C)C)OC(=O)CCCCCCCCCCCCC(C)C. The summed E-state index contributed by atoms with van der Waals surface area (Å²) in [6, 6.07) is 0. The Kier molecular flexibility index (Phi) is 66.8. The van der Waals surface area contributed by atoms with Crippen molar-refractivity contribution in [3.8, 4) is 0 Å². The summed E-state index contributed by atoms with van der Waals surface area (Å²) < 4.78 is 68.7. The molecular formula is C79H154O17P2. The van der Waals surface area contributed by atoms with E-state index in [4.69, 9.17) is 37.0 Å². The number of hydrogen-bond donors (Lipinski definition) is 3. The molecule has 98 heavy (non-hydrogen) atoms. The van der Waals surface area contributed by atoms with Gasteiger partial charge in [0.2, 0.25) is 0 Å². The van der Waals surface area contributed by atoms with Crippen molar-refractivity contribution in [2.45, 2.75) is 420 Å². The van der Waals surface area contributed by atoms with Gasteiger partial charge in [0.25, 0.3) is 0 Å². The van der Waals surface area contributed by atoms with Gasteiger partial charge < -0.3 is 33.8 Å². The maximum absolute atomic E-state index is 13.1. The van der Waals surface area contributed by atoms with Gasteiger partial charge in [-0.1, -0.05) is 351 Å². The molecule has 0 aliphatic rings. The summed E-state index contributed by atoms with van der Waals surface area (Å²) in [6.07, 6.45) is 54.0. The number of aliphatic hydroxyl groups is 1. The fourth-order valence-electron chi connectivity index (χ4n) is 12.0. The number of aliphatic hydroxyl groups excluding tert-OH is 1. The van der Waals surface area contributed by atoms with Crippen LogP contribution in [-0.2, 0) is 65.4 Å². The van der Waals surface area contributed by atoms with Crippen molar-refractivity contribution in [2.24, 2.45) is 23.7 Å². The van der Waals surface area contributed by atoms with Gasteiger partial charge in [-0.25, -0.2) is 9.13 Å². The number of carbonyl (C=O) groups is 4. The Labute approximate surface area is 600 Å². The minimum Gasteiger partial charge on any atom is -0.462 e. The summed E-state index contributed by atoms with van der Waals surface area (Å²) in [6.45, 7) is 14.3. The Balaban J connectivity index is 5.27. The molecule has 0 saturated heterocycles. The van der Waals surface area contributed by atoms with E-state index in [-0.39, 0.29) is 25.7 Å². The van der Waals surface area contributed by atoms with E-state index in [1.807, 2.05) is 0 Å². The largest absolute Gasteiger partial charge is 0.472 e. The predicted octanol–water partition coefficient (Wildman–Crippen LogP) is 23.2. The Bertz CT molecular complexity index is 1920. The minimum absolute atomic E-state index is 0.105. The first-order valence-corrected chi connectivity index (χ1v) is 43.7. The van der Waals surface area contributed by atoms with Crippen LogP contribution in [0.1, 0.15) is 402 Å². The highest BCUT2D eigenvalue weighted by atomic mass is 31.2. The Morgan fingerprint density at radius 1 is 0.286 bits per heavy atom. The van der Waals surface area contributed by atoms with E-state index in [0.29, 0.717) is 25.7 Å². The van der Waals surface area contributed by atoms with Gasteiger partial charge in [0.05, 0.1) is 26.4 Å². The number of hydrogen-bond acceptors (Lipinski definition) is 15. The van der Waals surface area contributed by atoms with Gasteiger partial charge in [-0.15, -0.1) is 0 Å². The van der Waals surface area contributed by atoms with E-state index in [1.54, 1.807) is 0 Å². The van der Waals surface area contributed by atoms with Crippen LogP contribution in [0.2, 0.25) is 0 Å². The quantitative estimate of drug-likeness (QED) is 0.0222. The molecule has 0 aromatic heterocycles. The lowest BCUT2D eigenvalue weighted by Gasteiger charge is -2.21. The summed E-state index contributed by atoms with van der Waals surface area (Å²) in [7, 11) is -9.92. The van der Waals surface area contributed by atoms with E-state index < -0.39 is 97.5 Å². The maximum atomic E-state index is 13.1. The molecule has 0 aromatic rings. The summed E-state index contributed by atoms with van der Waals surface area (Å²) in [4.78, 5) is 73.0. The number of ether oxygens (including phenoxy) is 4. The van der Waals surface area contributed by atoms with Gasteiger partial charge >= 0.3 is 39.5 Å². The molecule has 0 aromatic carbocycles. The lowest BCUT2D eigenvalue weighted by molar-refractivity contribution is -0.161. The summed E-state index contributed by atoms with van der Waals surface area (Å²) in [5, 5.41) is 10.6. The van der Waals surface area contributed by atoms with Gasteiger partial charge in [0.1, 0.15) is 19.3 Å². The molecule has 3 N–H and O–H groups in total. The second-order valence-electron chi connectivity index (χ2n) is 30.1. The molecule has 0 fully saturated rings. The summed E-state index contributed by atoms with van der Waals surface area (Å²) >= 11 is 0. The van der Waals surface area contributed by atoms with E-state index >= 15 is 0 Å². The second kappa shape index (κ2) is 68.2. The molecule has 0 amide bonds. The third-order valence-corrected chi connectivity index (χ3v) is 20.6. The fraction of sp³-hybridized carbons (Fsp3) is 0.949. The van der Waals surface area contributed by atoms with Crippen LogP contribution in [0.5, 0.6) is 0 Å². The van der Waals surface area contributed by atoms with E-state index in [0.717, 1.165) is 114 Å². The molecule has 6 atom stereocenters. The van der Waals surface area contributed by atoms with Crippen molar-refractivity contribution in [3.05, 3.63) is 0 Å². The third-order valence-electron chi connectivity index (χ3n) is 18.7. The molecule has 0 saturated carbocycles. The number of phosphoric acid groups is 2. The van der Waals surface area contributed by atoms with Gasteiger partial charge in [-0.3, -0.25) is 37.3 Å². The first-order chi connectivity index (χ1) is 47.1. The molecule has 0 aliphatic heterocycles. The number of phosphoric ester groups is 2. The number of rotatable bonds is 76. The molecular weight excluding hydrogens is 1280 g/mol. The van der Waals surface area contributed by atoms with Crippen molar-refractivity contribution in [2.75, 3.05) is 39.6 Å². The van der Waals surface area contributed by atoms with Gasteiger partial charge in [0, 0.05) is 25.7 Å². The van der Waals surface area contributed by atoms with Gasteiger partial charge in [-0.05, 0) is 49.4 Å². The number of esters is 4. The average molecular weight is 1440 g/mol. The Morgan fingerprint density at radius 2 is 0.490 bits per heavy atom. The molecule has 582 valence electrons. The minimum atomic E-state index is -4.96. The highest BCUT2D eigenvalue weighted by molar-refractivity contribution is 7.47. The lowest BCUT2D eigenvalue weighted by atomic mass is 9.99. The smallest absolute Gasteiger partial charge is 0.462 e. The zero-order chi connectivity index (χ0) is 72.4. The fourth-order valence-corrected chi connectivity index (χ4v) is 13.6. The van der Waals surface area contributed by atoms with Crippen LogP contribution in [0.15, 0.2) is 0 Å². The average Bonchev–Trinajstić information content (AvgIpc) is 1.19. The standard InChI is InChI=1S/C79H154O17P2/c1-9-72(8)58-50-42-34-29-30-36-44-52-60-77(82)90-66-75(96-79(84)62-54-46-38-28-22-21-25-33-41-49-57-71(6)7)68-94-98(87,88)92-64-73(80)63-91-97(85,86)93-67-74(65-89-76(81)59-51-43-35-26-19-16-15-18-24-32-40-48-56-70(4)5)95-78(83)61-53-45-37-27-20-14-12-10-11-13-17-23-31-39-47-55-69(2)3/h69-75,80H,9-68H2,1-8H3,(H,85,86)(H,87,88)/t72?,73-,74-,75-/m1/s1. The molecule has 0 radical (unpaired) electrons. The Hall–Kier alpha value is -1.94. The van der Waals surface area contributed by atoms with E-state index in [9.17, 15) is 43.2 Å². The summed E-state index contributed by atoms with van der Waals surface area (Å²) in [5.74, 6) is 0.998. The predicted molar refractivity (Wildman–Crippen MR) is 400 cm³/mol. The molecule has 0 heterocycles. The molecule has 17 nitrogen and oxygen atoms in total. The van der Waals surface area contributed by atoms with Crippen LogP contribution in [0.25, 0.3) is 0 Å². The first-order valence-electron chi connectivity index (χ1n) is 40.7. The van der Waals surface area contributed by atoms with Crippen LogP contribution in [0, 0.1) is 23.7 Å². The molecule has 0 bridgehead atoms. The van der Waals surface area contributed by atoms with E-state index in [1.165, 1.54) is 205 Å². The maximum Gasteiger partial charge on any atom is 0.472 e. The van der Waals surface area contributed by atoms with Crippen molar-refractivity contribution >= 4 is 39.5 Å². The van der Waals surface area contributed by atoms with Crippen LogP contribution in [0.3, 0.4) is 0 Å². The topological polar surface area (TPSA) is 237 Å². The molecule has 0 aliphatic carbocycles. The zero-order valence-electron chi connectivity index (χ0n) is 64.4. The van der Waals surface area contributed by atoms with Crippen molar-refractivity contribution in [1.82, 2.24) is 0 Å². The molecule has 0 rings (SSSR count). The van der Waals surface area contributed by atoms with Gasteiger partial charge in [-0.2, -0.15) is 0 Å². The lowest BCUT2D eigenvalue weighted by Crippen LogP contribution is -2.30. The highest BCUT2D eigenvalue weighted by Gasteiger charge is 2.30. The second-order valence-corrected chi connectivity index (χ2v) is 33.0. The first kappa shape index (κ1) is 96.1.